The molecule has 0 fully saturated rings. The molecule has 0 heterocycles. The summed E-state index contributed by atoms with van der Waals surface area (Å²) in [6.45, 7) is 4.15. The van der Waals surface area contributed by atoms with Crippen molar-refractivity contribution >= 4 is 28.3 Å². The van der Waals surface area contributed by atoms with Gasteiger partial charge in [0.15, 0.2) is 6.34 Å². The van der Waals surface area contributed by atoms with Crippen molar-refractivity contribution in [3.8, 4) is 0 Å². The number of rotatable bonds is 4. The highest BCUT2D eigenvalue weighted by molar-refractivity contribution is 8.62. The van der Waals surface area contributed by atoms with Gasteiger partial charge in [0, 0.05) is 15.5 Å². The summed E-state index contributed by atoms with van der Waals surface area (Å²) in [5.41, 5.74) is 2.39. The Bertz CT molecular complexity index is 780. The molecule has 0 saturated heterocycles. The lowest BCUT2D eigenvalue weighted by molar-refractivity contribution is 0.595. The second kappa shape index (κ2) is 6.78. The summed E-state index contributed by atoms with van der Waals surface area (Å²) in [6, 6.07) is 25.9. The minimum atomic E-state index is -2.77. The van der Waals surface area contributed by atoms with Gasteiger partial charge in [0.05, 0.1) is 0 Å². The lowest BCUT2D eigenvalue weighted by Gasteiger charge is -2.19. The molecule has 0 aromatic heterocycles. The molecule has 116 valence electrons. The number of hydrogen-bond acceptors (Lipinski definition) is 2. The first-order valence-electron chi connectivity index (χ1n) is 7.57. The van der Waals surface area contributed by atoms with E-state index in [1.807, 2.05) is 60.7 Å². The summed E-state index contributed by atoms with van der Waals surface area (Å²) in [6.07, 6.45) is -2.77. The van der Waals surface area contributed by atoms with E-state index >= 15 is 0 Å². The predicted molar refractivity (Wildman–Crippen MR) is 102 cm³/mol. The molecule has 0 spiro atoms. The van der Waals surface area contributed by atoms with Gasteiger partial charge in [-0.15, -0.1) is 0 Å². The fourth-order valence-corrected chi connectivity index (χ4v) is 7.62. The standard InChI is InChI=1S/C20H19OPS/c1-16-13-17(2)15-20(14-16)23-22(21,18-9-5-3-6-10-18)19-11-7-4-8-12-19/h3-15H,1-2H3. The second-order valence-corrected chi connectivity index (χ2v) is 10.5. The van der Waals surface area contributed by atoms with Crippen LogP contribution in [-0.2, 0) is 4.57 Å². The van der Waals surface area contributed by atoms with Crippen LogP contribution in [0.15, 0.2) is 83.8 Å². The van der Waals surface area contributed by atoms with Gasteiger partial charge >= 0.3 is 0 Å². The van der Waals surface area contributed by atoms with Crippen LogP contribution in [0.5, 0.6) is 0 Å². The number of hydrogen-bond donors (Lipinski definition) is 0. The van der Waals surface area contributed by atoms with E-state index in [9.17, 15) is 4.57 Å². The molecule has 0 N–H and O–H groups in total. The molecule has 0 saturated carbocycles. The van der Waals surface area contributed by atoms with Crippen molar-refractivity contribution in [1.29, 1.82) is 0 Å². The molecule has 0 radical (unpaired) electrons. The fraction of sp³-hybridized carbons (Fsp3) is 0.100. The van der Waals surface area contributed by atoms with Crippen molar-refractivity contribution < 1.29 is 4.57 Å². The van der Waals surface area contributed by atoms with Crippen LogP contribution in [-0.4, -0.2) is 0 Å². The molecular weight excluding hydrogens is 319 g/mol. The Morgan fingerprint density at radius 2 is 1.13 bits per heavy atom. The fourth-order valence-electron chi connectivity index (χ4n) is 2.64. The molecule has 0 aliphatic heterocycles. The summed E-state index contributed by atoms with van der Waals surface area (Å²) in [5, 5.41) is 1.77. The molecule has 3 heteroatoms. The number of aryl methyl sites for hydroxylation is 2. The lowest BCUT2D eigenvalue weighted by Crippen LogP contribution is -2.13. The zero-order chi connectivity index (χ0) is 16.3. The van der Waals surface area contributed by atoms with Gasteiger partial charge in [-0.05, 0) is 37.1 Å². The normalized spacial score (nSPS) is 11.4. The molecule has 0 aliphatic carbocycles. The van der Waals surface area contributed by atoms with Gasteiger partial charge in [0.2, 0.25) is 0 Å². The van der Waals surface area contributed by atoms with E-state index < -0.39 is 6.34 Å². The largest absolute Gasteiger partial charge is 0.302 e. The Morgan fingerprint density at radius 1 is 0.696 bits per heavy atom. The van der Waals surface area contributed by atoms with E-state index in [1.54, 1.807) is 0 Å². The molecular formula is C20H19OPS. The van der Waals surface area contributed by atoms with Gasteiger partial charge in [-0.2, -0.15) is 0 Å². The van der Waals surface area contributed by atoms with Gasteiger partial charge < -0.3 is 4.57 Å². The Kier molecular flexibility index (Phi) is 4.75. The molecule has 0 unspecified atom stereocenters. The third-order valence-electron chi connectivity index (χ3n) is 3.62. The molecule has 0 bridgehead atoms. The Hall–Kier alpha value is -1.76. The summed E-state index contributed by atoms with van der Waals surface area (Å²) < 4.78 is 14.0. The van der Waals surface area contributed by atoms with Gasteiger partial charge in [-0.25, -0.2) is 0 Å². The average molecular weight is 338 g/mol. The summed E-state index contributed by atoms with van der Waals surface area (Å²) in [4.78, 5) is 1.05. The Labute approximate surface area is 141 Å². The van der Waals surface area contributed by atoms with Gasteiger partial charge in [-0.3, -0.25) is 0 Å². The smallest absolute Gasteiger partial charge is 0.199 e. The van der Waals surface area contributed by atoms with Crippen LogP contribution in [0.3, 0.4) is 0 Å². The van der Waals surface area contributed by atoms with E-state index in [4.69, 9.17) is 0 Å². The first-order chi connectivity index (χ1) is 11.1. The molecule has 0 atom stereocenters. The maximum Gasteiger partial charge on any atom is 0.199 e. The average Bonchev–Trinajstić information content (AvgIpc) is 2.55. The van der Waals surface area contributed by atoms with E-state index in [1.165, 1.54) is 22.5 Å². The maximum absolute atomic E-state index is 14.0. The maximum atomic E-state index is 14.0. The van der Waals surface area contributed by atoms with Crippen molar-refractivity contribution in [2.24, 2.45) is 0 Å². The third kappa shape index (κ3) is 3.60. The highest BCUT2D eigenvalue weighted by Gasteiger charge is 2.28. The van der Waals surface area contributed by atoms with Crippen molar-refractivity contribution in [2.45, 2.75) is 18.7 Å². The van der Waals surface area contributed by atoms with Crippen molar-refractivity contribution in [1.82, 2.24) is 0 Å². The lowest BCUT2D eigenvalue weighted by atomic mass is 10.2. The summed E-state index contributed by atoms with van der Waals surface area (Å²) >= 11 is 1.48. The molecule has 1 nitrogen and oxygen atoms in total. The molecule has 0 amide bonds. The highest BCUT2D eigenvalue weighted by Crippen LogP contribution is 2.59. The van der Waals surface area contributed by atoms with Gasteiger partial charge in [0.1, 0.15) is 0 Å². The molecule has 23 heavy (non-hydrogen) atoms. The van der Waals surface area contributed by atoms with E-state index in [2.05, 4.69) is 32.0 Å². The highest BCUT2D eigenvalue weighted by atomic mass is 32.7. The summed E-state index contributed by atoms with van der Waals surface area (Å²) in [7, 11) is 0. The van der Waals surface area contributed by atoms with E-state index in [0.717, 1.165) is 15.5 Å². The molecule has 3 aromatic rings. The SMILES string of the molecule is Cc1cc(C)cc(SP(=O)(c2ccccc2)c2ccccc2)c1. The second-order valence-electron chi connectivity index (χ2n) is 5.64. The van der Waals surface area contributed by atoms with Gasteiger partial charge in [-0.1, -0.05) is 78.1 Å². The van der Waals surface area contributed by atoms with E-state index in [0.29, 0.717) is 0 Å². The predicted octanol–water partition coefficient (Wildman–Crippen LogP) is 5.32. The van der Waals surface area contributed by atoms with Crippen molar-refractivity contribution in [3.05, 3.63) is 90.0 Å². The minimum absolute atomic E-state index is 0.885. The quantitative estimate of drug-likeness (QED) is 0.599. The van der Waals surface area contributed by atoms with Crippen LogP contribution >= 0.6 is 17.7 Å². The molecule has 3 rings (SSSR count). The monoisotopic (exact) mass is 338 g/mol. The number of benzene rings is 3. The van der Waals surface area contributed by atoms with Crippen LogP contribution in [0.4, 0.5) is 0 Å². The van der Waals surface area contributed by atoms with Crippen LogP contribution in [0, 0.1) is 13.8 Å². The van der Waals surface area contributed by atoms with Crippen molar-refractivity contribution in [3.63, 3.8) is 0 Å². The van der Waals surface area contributed by atoms with Crippen LogP contribution < -0.4 is 10.6 Å². The molecule has 3 aromatic carbocycles. The zero-order valence-corrected chi connectivity index (χ0v) is 15.0. The summed E-state index contributed by atoms with van der Waals surface area (Å²) in [5.74, 6) is 0. The first-order valence-corrected chi connectivity index (χ1v) is 10.7. The zero-order valence-electron chi connectivity index (χ0n) is 13.3. The van der Waals surface area contributed by atoms with Crippen molar-refractivity contribution in [2.75, 3.05) is 0 Å². The third-order valence-corrected chi connectivity index (χ3v) is 8.95. The minimum Gasteiger partial charge on any atom is -0.302 e. The van der Waals surface area contributed by atoms with Crippen LogP contribution in [0.1, 0.15) is 11.1 Å². The van der Waals surface area contributed by atoms with Crippen LogP contribution in [0.2, 0.25) is 0 Å². The topological polar surface area (TPSA) is 17.1 Å². The molecule has 0 aliphatic rings. The van der Waals surface area contributed by atoms with Gasteiger partial charge in [0.25, 0.3) is 0 Å². The first kappa shape index (κ1) is 16.1. The van der Waals surface area contributed by atoms with E-state index in [-0.39, 0.29) is 0 Å². The Morgan fingerprint density at radius 3 is 1.57 bits per heavy atom. The van der Waals surface area contributed by atoms with Crippen LogP contribution in [0.25, 0.3) is 0 Å². The Balaban J connectivity index is 2.11.